The number of aromatic nitrogens is 1. The molecule has 0 radical (unpaired) electrons. The zero-order chi connectivity index (χ0) is 21.3. The predicted molar refractivity (Wildman–Crippen MR) is 119 cm³/mol. The van der Waals surface area contributed by atoms with E-state index in [-0.39, 0.29) is 18.4 Å². The van der Waals surface area contributed by atoms with Crippen LogP contribution in [0.3, 0.4) is 0 Å². The van der Waals surface area contributed by atoms with Crippen molar-refractivity contribution in [1.29, 1.82) is 0 Å². The number of benzene rings is 2. The Morgan fingerprint density at radius 1 is 1.10 bits per heavy atom. The van der Waals surface area contributed by atoms with Gasteiger partial charge in [0, 0.05) is 17.6 Å². The maximum Gasteiger partial charge on any atom is 0.325 e. The molecule has 0 fully saturated rings. The number of amides is 3. The van der Waals surface area contributed by atoms with Gasteiger partial charge < -0.3 is 15.4 Å². The lowest BCUT2D eigenvalue weighted by molar-refractivity contribution is -0.120. The first kappa shape index (κ1) is 21.3. The van der Waals surface area contributed by atoms with Crippen molar-refractivity contribution in [2.45, 2.75) is 19.8 Å². The molecule has 2 aromatic carbocycles. The van der Waals surface area contributed by atoms with E-state index in [1.165, 1.54) is 11.3 Å². The van der Waals surface area contributed by atoms with E-state index in [4.69, 9.17) is 4.74 Å². The number of urea groups is 1. The highest BCUT2D eigenvalue weighted by Gasteiger charge is 2.10. The first-order valence-electron chi connectivity index (χ1n) is 9.50. The third kappa shape index (κ3) is 6.59. The third-order valence-corrected chi connectivity index (χ3v) is 5.07. The summed E-state index contributed by atoms with van der Waals surface area (Å²) >= 11 is 1.28. The fourth-order valence-corrected chi connectivity index (χ4v) is 3.53. The fourth-order valence-electron chi connectivity index (χ4n) is 2.83. The number of hydrogen-bond donors (Lipinski definition) is 3. The van der Waals surface area contributed by atoms with Gasteiger partial charge in [-0.15, -0.1) is 11.3 Å². The third-order valence-electron chi connectivity index (χ3n) is 4.26. The van der Waals surface area contributed by atoms with Crippen LogP contribution >= 0.6 is 11.3 Å². The summed E-state index contributed by atoms with van der Waals surface area (Å²) in [5.74, 6) is 0.687. The summed E-state index contributed by atoms with van der Waals surface area (Å²) in [5, 5.41) is 10.6. The molecule has 3 amide bonds. The minimum absolute atomic E-state index is 0.112. The maximum atomic E-state index is 12.2. The van der Waals surface area contributed by atoms with Gasteiger partial charge in [-0.25, -0.2) is 9.78 Å². The summed E-state index contributed by atoms with van der Waals surface area (Å²) in [7, 11) is 1.63. The molecular weight excluding hydrogens is 400 g/mol. The molecule has 3 aromatic rings. The van der Waals surface area contributed by atoms with Crippen LogP contribution in [0.1, 0.15) is 16.8 Å². The van der Waals surface area contributed by atoms with Gasteiger partial charge in [0.25, 0.3) is 0 Å². The van der Waals surface area contributed by atoms with Crippen molar-refractivity contribution < 1.29 is 14.3 Å². The first-order chi connectivity index (χ1) is 14.5. The number of nitrogens with zero attached hydrogens (tertiary/aromatic N) is 1. The van der Waals surface area contributed by atoms with Crippen LogP contribution < -0.4 is 20.7 Å². The highest BCUT2D eigenvalue weighted by molar-refractivity contribution is 7.14. The minimum atomic E-state index is -0.371. The number of methoxy groups -OCH3 is 1. The Kier molecular flexibility index (Phi) is 7.40. The Labute approximate surface area is 179 Å². The molecule has 0 saturated heterocycles. The minimum Gasteiger partial charge on any atom is -0.497 e. The second kappa shape index (κ2) is 10.4. The molecule has 0 aliphatic heterocycles. The van der Waals surface area contributed by atoms with E-state index in [1.54, 1.807) is 12.5 Å². The van der Waals surface area contributed by atoms with Gasteiger partial charge in [0.1, 0.15) is 5.75 Å². The van der Waals surface area contributed by atoms with Crippen LogP contribution in [0.5, 0.6) is 5.75 Å². The summed E-state index contributed by atoms with van der Waals surface area (Å²) in [6, 6.07) is 14.9. The van der Waals surface area contributed by atoms with E-state index >= 15 is 0 Å². The van der Waals surface area contributed by atoms with Gasteiger partial charge in [-0.2, -0.15) is 0 Å². The van der Waals surface area contributed by atoms with Gasteiger partial charge in [-0.1, -0.05) is 24.3 Å². The smallest absolute Gasteiger partial charge is 0.325 e. The zero-order valence-corrected chi connectivity index (χ0v) is 17.7. The number of hydrogen-bond acceptors (Lipinski definition) is 5. The van der Waals surface area contributed by atoms with Gasteiger partial charge in [0.15, 0.2) is 5.13 Å². The number of thiazole rings is 1. The van der Waals surface area contributed by atoms with Crippen molar-refractivity contribution in [3.05, 3.63) is 70.7 Å². The standard InChI is InChI=1S/C22H24N4O3S/c1-15-5-3-7-17(11-15)24-21(28)26-22-25-18(14-30-22)13-20(27)23-10-9-16-6-4-8-19(12-16)29-2/h3-8,11-12,14H,9-10,13H2,1-2H3,(H,23,27)(H2,24,25,26,28). The molecule has 8 heteroatoms. The quantitative estimate of drug-likeness (QED) is 0.510. The van der Waals surface area contributed by atoms with Gasteiger partial charge in [0.2, 0.25) is 5.91 Å². The molecule has 0 unspecified atom stereocenters. The van der Waals surface area contributed by atoms with Gasteiger partial charge in [0.05, 0.1) is 19.2 Å². The molecule has 1 heterocycles. The first-order valence-corrected chi connectivity index (χ1v) is 10.4. The largest absolute Gasteiger partial charge is 0.497 e. The second-order valence-electron chi connectivity index (χ2n) is 6.72. The van der Waals surface area contributed by atoms with Crippen molar-refractivity contribution in [1.82, 2.24) is 10.3 Å². The molecular formula is C22H24N4O3S. The summed E-state index contributed by atoms with van der Waals surface area (Å²) in [6.07, 6.45) is 0.877. The molecule has 3 rings (SSSR count). The fraction of sp³-hybridized carbons (Fsp3) is 0.227. The normalized spacial score (nSPS) is 10.3. The van der Waals surface area contributed by atoms with Crippen molar-refractivity contribution >= 4 is 34.1 Å². The lowest BCUT2D eigenvalue weighted by Gasteiger charge is -2.06. The molecule has 156 valence electrons. The SMILES string of the molecule is COc1cccc(CCNC(=O)Cc2csc(NC(=O)Nc3cccc(C)c3)n2)c1. The van der Waals surface area contributed by atoms with Crippen molar-refractivity contribution in [2.75, 3.05) is 24.3 Å². The number of rotatable bonds is 8. The molecule has 0 atom stereocenters. The molecule has 0 saturated carbocycles. The van der Waals surface area contributed by atoms with E-state index in [1.807, 2.05) is 55.5 Å². The molecule has 1 aromatic heterocycles. The van der Waals surface area contributed by atoms with E-state index in [2.05, 4.69) is 20.9 Å². The summed E-state index contributed by atoms with van der Waals surface area (Å²) in [5.41, 5.74) is 3.47. The molecule has 7 nitrogen and oxygen atoms in total. The average Bonchev–Trinajstić information content (AvgIpc) is 3.14. The Balaban J connectivity index is 1.43. The Hall–Kier alpha value is -3.39. The number of nitrogens with one attached hydrogen (secondary N) is 3. The van der Waals surface area contributed by atoms with Crippen LogP contribution in [0, 0.1) is 6.92 Å². The second-order valence-corrected chi connectivity index (χ2v) is 7.58. The summed E-state index contributed by atoms with van der Waals surface area (Å²) in [4.78, 5) is 28.6. The molecule has 3 N–H and O–H groups in total. The van der Waals surface area contributed by atoms with E-state index in [9.17, 15) is 9.59 Å². The average molecular weight is 425 g/mol. The van der Waals surface area contributed by atoms with Crippen LogP contribution in [0.2, 0.25) is 0 Å². The topological polar surface area (TPSA) is 92.4 Å². The summed E-state index contributed by atoms with van der Waals surface area (Å²) in [6.45, 7) is 2.48. The number of carbonyl (C=O) groups is 2. The van der Waals surface area contributed by atoms with Crippen LogP contribution in [0.15, 0.2) is 53.9 Å². The number of carbonyl (C=O) groups excluding carboxylic acids is 2. The van der Waals surface area contributed by atoms with Crippen LogP contribution in [0.25, 0.3) is 0 Å². The lowest BCUT2D eigenvalue weighted by Crippen LogP contribution is -2.27. The van der Waals surface area contributed by atoms with Crippen LogP contribution in [0.4, 0.5) is 15.6 Å². The van der Waals surface area contributed by atoms with Crippen molar-refractivity contribution in [3.63, 3.8) is 0 Å². The monoisotopic (exact) mass is 424 g/mol. The number of aryl methyl sites for hydroxylation is 1. The van der Waals surface area contributed by atoms with E-state index in [0.29, 0.717) is 29.5 Å². The maximum absolute atomic E-state index is 12.2. The molecule has 0 spiro atoms. The van der Waals surface area contributed by atoms with Gasteiger partial charge in [-0.3, -0.25) is 10.1 Å². The molecule has 0 aliphatic rings. The predicted octanol–water partition coefficient (Wildman–Crippen LogP) is 4.01. The van der Waals surface area contributed by atoms with E-state index in [0.717, 1.165) is 16.9 Å². The molecule has 30 heavy (non-hydrogen) atoms. The molecule has 0 bridgehead atoms. The highest BCUT2D eigenvalue weighted by Crippen LogP contribution is 2.17. The lowest BCUT2D eigenvalue weighted by atomic mass is 10.1. The zero-order valence-electron chi connectivity index (χ0n) is 16.9. The van der Waals surface area contributed by atoms with Gasteiger partial charge in [-0.05, 0) is 48.7 Å². The summed E-state index contributed by atoms with van der Waals surface area (Å²) < 4.78 is 5.20. The highest BCUT2D eigenvalue weighted by atomic mass is 32.1. The Morgan fingerprint density at radius 2 is 1.93 bits per heavy atom. The Bertz CT molecular complexity index is 1020. The van der Waals surface area contributed by atoms with E-state index < -0.39 is 0 Å². The number of anilines is 2. The van der Waals surface area contributed by atoms with Gasteiger partial charge >= 0.3 is 6.03 Å². The van der Waals surface area contributed by atoms with Crippen LogP contribution in [-0.4, -0.2) is 30.6 Å². The van der Waals surface area contributed by atoms with Crippen molar-refractivity contribution in [2.24, 2.45) is 0 Å². The van der Waals surface area contributed by atoms with Crippen LogP contribution in [-0.2, 0) is 17.6 Å². The Morgan fingerprint density at radius 3 is 2.73 bits per heavy atom. The molecule has 0 aliphatic carbocycles. The van der Waals surface area contributed by atoms with Crippen molar-refractivity contribution in [3.8, 4) is 5.75 Å². The number of ether oxygens (including phenoxy) is 1.